The van der Waals surface area contributed by atoms with Crippen molar-refractivity contribution in [3.05, 3.63) is 71.3 Å². The molecule has 0 atom stereocenters. The van der Waals surface area contributed by atoms with Gasteiger partial charge in [-0.2, -0.15) is 14.6 Å². The number of anilines is 2. The van der Waals surface area contributed by atoms with Crippen LogP contribution in [-0.4, -0.2) is 35.2 Å². The summed E-state index contributed by atoms with van der Waals surface area (Å²) < 4.78 is 34.3. The molecule has 5 rings (SSSR count). The van der Waals surface area contributed by atoms with Crippen LogP contribution in [0.5, 0.6) is 5.88 Å². The minimum Gasteiger partial charge on any atom is -0.474 e. The molecule has 3 N–H and O–H groups in total. The van der Waals surface area contributed by atoms with Gasteiger partial charge in [0, 0.05) is 17.8 Å². The zero-order valence-electron chi connectivity index (χ0n) is 18.3. The van der Waals surface area contributed by atoms with Crippen LogP contribution in [0.3, 0.4) is 0 Å². The van der Waals surface area contributed by atoms with E-state index in [1.165, 1.54) is 0 Å². The van der Waals surface area contributed by atoms with Crippen molar-refractivity contribution in [3.63, 3.8) is 0 Å². The number of sulfone groups is 1. The third-order valence-corrected chi connectivity index (χ3v) is 8.25. The van der Waals surface area contributed by atoms with Crippen LogP contribution in [0.2, 0.25) is 0 Å². The molecule has 10 heteroatoms. The van der Waals surface area contributed by atoms with Crippen molar-refractivity contribution in [3.8, 4) is 5.88 Å². The van der Waals surface area contributed by atoms with E-state index in [1.807, 2.05) is 0 Å². The van der Waals surface area contributed by atoms with E-state index in [2.05, 4.69) is 31.3 Å². The zero-order chi connectivity index (χ0) is 23.7. The highest BCUT2D eigenvalue weighted by molar-refractivity contribution is 9.10. The normalized spacial score (nSPS) is 18.6. The number of benzene rings is 2. The fourth-order valence-electron chi connectivity index (χ4n) is 4.04. The second-order valence-corrected chi connectivity index (χ2v) is 11.1. The lowest BCUT2D eigenvalue weighted by Crippen LogP contribution is -2.31. The van der Waals surface area contributed by atoms with Crippen molar-refractivity contribution in [1.29, 1.82) is 0 Å². The molecule has 0 saturated heterocycles. The predicted molar refractivity (Wildman–Crippen MR) is 133 cm³/mol. The topological polar surface area (TPSA) is 112 Å². The Balaban J connectivity index is 1.41. The van der Waals surface area contributed by atoms with Gasteiger partial charge in [0.1, 0.15) is 11.9 Å². The van der Waals surface area contributed by atoms with Crippen LogP contribution in [0.25, 0.3) is 5.65 Å². The summed E-state index contributed by atoms with van der Waals surface area (Å²) in [6, 6.07) is 17.1. The number of aromatic nitrogens is 3. The van der Waals surface area contributed by atoms with E-state index in [-0.39, 0.29) is 21.9 Å². The summed E-state index contributed by atoms with van der Waals surface area (Å²) in [5.41, 5.74) is 7.34. The Morgan fingerprint density at radius 3 is 2.38 bits per heavy atom. The van der Waals surface area contributed by atoms with E-state index in [9.17, 15) is 8.42 Å². The number of ether oxygens (including phenoxy) is 1. The summed E-state index contributed by atoms with van der Waals surface area (Å²) in [6.07, 6.45) is 5.42. The number of hydrogen-bond acceptors (Lipinski definition) is 7. The Morgan fingerprint density at radius 2 is 1.68 bits per heavy atom. The third-order valence-electron chi connectivity index (χ3n) is 5.90. The highest BCUT2D eigenvalue weighted by Gasteiger charge is 2.22. The summed E-state index contributed by atoms with van der Waals surface area (Å²) in [6.45, 7) is 0. The monoisotopic (exact) mass is 541 g/mol. The second kappa shape index (κ2) is 9.36. The quantitative estimate of drug-likeness (QED) is 0.363. The first-order valence-electron chi connectivity index (χ1n) is 11.0. The van der Waals surface area contributed by atoms with Gasteiger partial charge in [0.15, 0.2) is 5.65 Å². The number of hydrogen-bond donors (Lipinski definition) is 2. The van der Waals surface area contributed by atoms with Crippen molar-refractivity contribution < 1.29 is 13.2 Å². The molecule has 2 aromatic carbocycles. The second-order valence-electron chi connectivity index (χ2n) is 8.33. The van der Waals surface area contributed by atoms with Crippen molar-refractivity contribution in [1.82, 2.24) is 14.6 Å². The molecular weight excluding hydrogens is 518 g/mol. The molecule has 0 radical (unpaired) electrons. The Morgan fingerprint density at radius 1 is 1.00 bits per heavy atom. The van der Waals surface area contributed by atoms with Gasteiger partial charge in [0.05, 0.1) is 20.5 Å². The minimum absolute atomic E-state index is 0.0757. The standard InChI is InChI=1S/C24H24BrN5O3S/c25-21-15-27-30-22(14-23(29-24(21)30)33-18-10-6-16(26)7-11-18)28-17-8-12-20(13-9-17)34(31,32)19-4-2-1-3-5-19/h1-5,8-9,12-16,18,28H,6-7,10-11,26H2/t16-,18-. The Hall–Kier alpha value is -2.95. The first-order valence-corrected chi connectivity index (χ1v) is 13.3. The average Bonchev–Trinajstić information content (AvgIpc) is 3.22. The van der Waals surface area contributed by atoms with Crippen molar-refractivity contribution >= 4 is 42.9 Å². The number of halogens is 1. The number of nitrogens with two attached hydrogens (primary N) is 1. The van der Waals surface area contributed by atoms with Crippen molar-refractivity contribution in [2.45, 2.75) is 47.6 Å². The molecule has 8 nitrogen and oxygen atoms in total. The molecule has 34 heavy (non-hydrogen) atoms. The zero-order valence-corrected chi connectivity index (χ0v) is 20.7. The predicted octanol–water partition coefficient (Wildman–Crippen LogP) is 4.72. The molecule has 0 unspecified atom stereocenters. The van der Waals surface area contributed by atoms with Crippen LogP contribution < -0.4 is 15.8 Å². The van der Waals surface area contributed by atoms with Gasteiger partial charge in [-0.25, -0.2) is 8.42 Å². The van der Waals surface area contributed by atoms with Gasteiger partial charge in [-0.15, -0.1) is 0 Å². The lowest BCUT2D eigenvalue weighted by atomic mass is 9.94. The first kappa shape index (κ1) is 22.8. The maximum Gasteiger partial charge on any atom is 0.219 e. The maximum atomic E-state index is 12.9. The molecule has 4 aromatic rings. The van der Waals surface area contributed by atoms with Crippen LogP contribution >= 0.6 is 15.9 Å². The van der Waals surface area contributed by atoms with E-state index in [0.29, 0.717) is 23.0 Å². The van der Waals surface area contributed by atoms with Crippen LogP contribution in [0, 0.1) is 0 Å². The average molecular weight is 542 g/mol. The van der Waals surface area contributed by atoms with E-state index >= 15 is 0 Å². The number of fused-ring (bicyclic) bond motifs is 1. The molecule has 1 fully saturated rings. The lowest BCUT2D eigenvalue weighted by molar-refractivity contribution is 0.141. The highest BCUT2D eigenvalue weighted by Crippen LogP contribution is 2.29. The van der Waals surface area contributed by atoms with Gasteiger partial charge in [-0.3, -0.25) is 0 Å². The van der Waals surface area contributed by atoms with Crippen molar-refractivity contribution in [2.24, 2.45) is 5.73 Å². The van der Waals surface area contributed by atoms with Crippen LogP contribution in [0.1, 0.15) is 25.7 Å². The molecule has 0 amide bonds. The lowest BCUT2D eigenvalue weighted by Gasteiger charge is -2.26. The van der Waals surface area contributed by atoms with Gasteiger partial charge < -0.3 is 15.8 Å². The summed E-state index contributed by atoms with van der Waals surface area (Å²) in [5.74, 6) is 1.15. The molecular formula is C24H24BrN5O3S. The van der Waals surface area contributed by atoms with Gasteiger partial charge in [-0.1, -0.05) is 18.2 Å². The fraction of sp³-hybridized carbons (Fsp3) is 0.250. The van der Waals surface area contributed by atoms with Gasteiger partial charge in [0.2, 0.25) is 15.7 Å². The smallest absolute Gasteiger partial charge is 0.219 e. The molecule has 1 aliphatic carbocycles. The summed E-state index contributed by atoms with van der Waals surface area (Å²) in [5, 5.41) is 7.69. The molecule has 0 bridgehead atoms. The van der Waals surface area contributed by atoms with Gasteiger partial charge in [-0.05, 0) is 78.0 Å². The van der Waals surface area contributed by atoms with E-state index in [4.69, 9.17) is 10.5 Å². The van der Waals surface area contributed by atoms with E-state index in [1.54, 1.807) is 71.4 Å². The summed E-state index contributed by atoms with van der Waals surface area (Å²) in [4.78, 5) is 5.10. The van der Waals surface area contributed by atoms with Crippen molar-refractivity contribution in [2.75, 3.05) is 5.32 Å². The maximum absolute atomic E-state index is 12.9. The number of rotatable bonds is 6. The Labute approximate surface area is 206 Å². The van der Waals surface area contributed by atoms with Crippen LogP contribution in [0.4, 0.5) is 11.5 Å². The van der Waals surface area contributed by atoms with Gasteiger partial charge in [0.25, 0.3) is 0 Å². The van der Waals surface area contributed by atoms with Crippen LogP contribution in [-0.2, 0) is 9.84 Å². The highest BCUT2D eigenvalue weighted by atomic mass is 79.9. The summed E-state index contributed by atoms with van der Waals surface area (Å²) in [7, 11) is -3.58. The Bertz CT molecular complexity index is 1400. The summed E-state index contributed by atoms with van der Waals surface area (Å²) >= 11 is 3.49. The van der Waals surface area contributed by atoms with Crippen LogP contribution in [0.15, 0.2) is 81.1 Å². The molecule has 0 spiro atoms. The number of nitrogens with zero attached hydrogens (tertiary/aromatic N) is 3. The largest absolute Gasteiger partial charge is 0.474 e. The molecule has 1 aliphatic rings. The first-order chi connectivity index (χ1) is 16.4. The fourth-order valence-corrected chi connectivity index (χ4v) is 5.67. The third kappa shape index (κ3) is 4.66. The van der Waals surface area contributed by atoms with Gasteiger partial charge >= 0.3 is 0 Å². The molecule has 1 saturated carbocycles. The molecule has 2 aromatic heterocycles. The molecule has 2 heterocycles. The number of nitrogens with one attached hydrogen (secondary N) is 1. The minimum atomic E-state index is -3.58. The Kier molecular flexibility index (Phi) is 6.28. The van der Waals surface area contributed by atoms with E-state index < -0.39 is 9.84 Å². The van der Waals surface area contributed by atoms with E-state index in [0.717, 1.165) is 30.2 Å². The SMILES string of the molecule is N[C@H]1CC[C@H](Oc2cc(Nc3ccc(S(=O)(=O)c4ccccc4)cc3)n3ncc(Br)c3n2)CC1. The molecule has 176 valence electrons. The molecule has 0 aliphatic heterocycles.